The van der Waals surface area contributed by atoms with Crippen LogP contribution < -0.4 is 4.74 Å². The van der Waals surface area contributed by atoms with Gasteiger partial charge in [0.15, 0.2) is 0 Å². The lowest BCUT2D eigenvalue weighted by atomic mass is 10.0. The molecule has 0 saturated carbocycles. The standard InChI is InChI=1S/C36H46N2O4/c1-2-40-27-28-41-29-30-42-36-24-18-33(19-25-36)13-12-32-16-22-35(23-17-32)38-37-34-20-14-31(15-21-34)11-9-7-5-3-4-6-8-10-26-39/h14-25,39H,2-11,26-30H2,1H3. The summed E-state index contributed by atoms with van der Waals surface area (Å²) in [7, 11) is 0. The molecule has 3 aromatic rings. The first-order chi connectivity index (χ1) is 20.8. The molecule has 0 radical (unpaired) electrons. The normalized spacial score (nSPS) is 11.0. The van der Waals surface area contributed by atoms with Crippen molar-refractivity contribution in [3.8, 4) is 17.6 Å². The van der Waals surface area contributed by atoms with E-state index in [0.717, 1.165) is 47.5 Å². The van der Waals surface area contributed by atoms with Crippen LogP contribution in [-0.4, -0.2) is 44.7 Å². The predicted molar refractivity (Wildman–Crippen MR) is 170 cm³/mol. The van der Waals surface area contributed by atoms with Gasteiger partial charge in [0, 0.05) is 24.3 Å². The number of hydrogen-bond acceptors (Lipinski definition) is 6. The molecule has 0 atom stereocenters. The zero-order valence-corrected chi connectivity index (χ0v) is 25.1. The fourth-order valence-electron chi connectivity index (χ4n) is 4.32. The number of aliphatic hydroxyl groups excluding tert-OH is 1. The molecule has 0 heterocycles. The SMILES string of the molecule is CCOCCOCCOc1ccc(C#Cc2ccc(N=Nc3ccc(CCCCCCCCCCO)cc3)cc2)cc1. The Morgan fingerprint density at radius 2 is 1.07 bits per heavy atom. The number of ether oxygens (including phenoxy) is 3. The number of azo groups is 1. The van der Waals surface area contributed by atoms with Crippen molar-refractivity contribution in [1.82, 2.24) is 0 Å². The topological polar surface area (TPSA) is 72.6 Å². The number of hydrogen-bond donors (Lipinski definition) is 1. The van der Waals surface area contributed by atoms with Crippen LogP contribution in [0, 0.1) is 11.8 Å². The number of rotatable bonds is 20. The summed E-state index contributed by atoms with van der Waals surface area (Å²) in [5, 5.41) is 17.6. The Morgan fingerprint density at radius 1 is 0.571 bits per heavy atom. The van der Waals surface area contributed by atoms with Crippen molar-refractivity contribution in [3.63, 3.8) is 0 Å². The molecule has 224 valence electrons. The van der Waals surface area contributed by atoms with Crippen LogP contribution in [0.4, 0.5) is 11.4 Å². The van der Waals surface area contributed by atoms with Gasteiger partial charge in [-0.1, -0.05) is 62.5 Å². The van der Waals surface area contributed by atoms with E-state index in [1.165, 1.54) is 44.1 Å². The van der Waals surface area contributed by atoms with Gasteiger partial charge in [-0.2, -0.15) is 10.2 Å². The van der Waals surface area contributed by atoms with Gasteiger partial charge < -0.3 is 19.3 Å². The summed E-state index contributed by atoms with van der Waals surface area (Å²) in [4.78, 5) is 0. The van der Waals surface area contributed by atoms with Crippen LogP contribution in [0.2, 0.25) is 0 Å². The van der Waals surface area contributed by atoms with Crippen LogP contribution >= 0.6 is 0 Å². The van der Waals surface area contributed by atoms with E-state index >= 15 is 0 Å². The first-order valence-corrected chi connectivity index (χ1v) is 15.4. The number of aliphatic hydroxyl groups is 1. The molecular weight excluding hydrogens is 524 g/mol. The lowest BCUT2D eigenvalue weighted by Gasteiger charge is -2.07. The second kappa shape index (κ2) is 21.2. The summed E-state index contributed by atoms with van der Waals surface area (Å²) in [5.41, 5.74) is 4.84. The molecule has 0 aliphatic rings. The zero-order chi connectivity index (χ0) is 29.5. The van der Waals surface area contributed by atoms with Crippen LogP contribution in [-0.2, 0) is 15.9 Å². The van der Waals surface area contributed by atoms with Gasteiger partial charge in [-0.25, -0.2) is 0 Å². The second-order valence-electron chi connectivity index (χ2n) is 10.1. The van der Waals surface area contributed by atoms with Gasteiger partial charge in [0.1, 0.15) is 12.4 Å². The fraction of sp³-hybridized carbons (Fsp3) is 0.444. The molecule has 0 amide bonds. The van der Waals surface area contributed by atoms with Crippen LogP contribution in [0.1, 0.15) is 75.0 Å². The van der Waals surface area contributed by atoms with Gasteiger partial charge in [-0.3, -0.25) is 0 Å². The summed E-state index contributed by atoms with van der Waals surface area (Å²) in [6.07, 6.45) is 10.8. The molecule has 0 saturated heterocycles. The molecule has 0 aliphatic heterocycles. The van der Waals surface area contributed by atoms with E-state index in [-0.39, 0.29) is 0 Å². The third-order valence-electron chi connectivity index (χ3n) is 6.74. The van der Waals surface area contributed by atoms with Gasteiger partial charge in [0.05, 0.1) is 31.2 Å². The minimum Gasteiger partial charge on any atom is -0.491 e. The van der Waals surface area contributed by atoms with Gasteiger partial charge in [-0.05, 0) is 92.4 Å². The third-order valence-corrected chi connectivity index (χ3v) is 6.74. The van der Waals surface area contributed by atoms with E-state index in [2.05, 4.69) is 34.2 Å². The van der Waals surface area contributed by atoms with Crippen molar-refractivity contribution < 1.29 is 19.3 Å². The van der Waals surface area contributed by atoms with E-state index in [4.69, 9.17) is 19.3 Å². The highest BCUT2D eigenvalue weighted by atomic mass is 16.5. The maximum Gasteiger partial charge on any atom is 0.119 e. The smallest absolute Gasteiger partial charge is 0.119 e. The fourth-order valence-corrected chi connectivity index (χ4v) is 4.32. The van der Waals surface area contributed by atoms with Crippen LogP contribution in [0.15, 0.2) is 83.0 Å². The van der Waals surface area contributed by atoms with E-state index in [1.807, 2.05) is 67.6 Å². The lowest BCUT2D eigenvalue weighted by molar-refractivity contribution is 0.0405. The monoisotopic (exact) mass is 570 g/mol. The highest BCUT2D eigenvalue weighted by Crippen LogP contribution is 2.20. The molecule has 0 spiro atoms. The molecule has 3 rings (SSSR count). The Kier molecular flexibility index (Phi) is 16.7. The van der Waals surface area contributed by atoms with Crippen LogP contribution in [0.25, 0.3) is 0 Å². The molecule has 0 bridgehead atoms. The molecule has 0 aromatic heterocycles. The number of nitrogens with zero attached hydrogens (tertiary/aromatic N) is 2. The number of unbranched alkanes of at least 4 members (excludes halogenated alkanes) is 7. The Morgan fingerprint density at radius 3 is 1.67 bits per heavy atom. The molecule has 3 aromatic carbocycles. The molecule has 6 nitrogen and oxygen atoms in total. The summed E-state index contributed by atoms with van der Waals surface area (Å²) >= 11 is 0. The highest BCUT2D eigenvalue weighted by molar-refractivity contribution is 5.48. The van der Waals surface area contributed by atoms with Crippen molar-refractivity contribution in [2.45, 2.75) is 64.7 Å². The molecule has 0 unspecified atom stereocenters. The Bertz CT molecular complexity index is 1200. The lowest BCUT2D eigenvalue weighted by Crippen LogP contribution is -2.10. The highest BCUT2D eigenvalue weighted by Gasteiger charge is 1.98. The van der Waals surface area contributed by atoms with Crippen molar-refractivity contribution in [2.24, 2.45) is 10.2 Å². The maximum absolute atomic E-state index is 8.82. The molecule has 0 aliphatic carbocycles. The first kappa shape index (κ1) is 33.0. The van der Waals surface area contributed by atoms with Crippen molar-refractivity contribution in [3.05, 3.63) is 89.5 Å². The third kappa shape index (κ3) is 14.4. The van der Waals surface area contributed by atoms with Crippen LogP contribution in [0.3, 0.4) is 0 Å². The largest absolute Gasteiger partial charge is 0.491 e. The minimum atomic E-state index is 0.325. The Balaban J connectivity index is 1.34. The van der Waals surface area contributed by atoms with E-state index in [9.17, 15) is 0 Å². The molecule has 6 heteroatoms. The van der Waals surface area contributed by atoms with Crippen molar-refractivity contribution in [2.75, 3.05) is 39.6 Å². The average molecular weight is 571 g/mol. The summed E-state index contributed by atoms with van der Waals surface area (Å²) in [5.74, 6) is 7.19. The molecule has 1 N–H and O–H groups in total. The predicted octanol–water partition coefficient (Wildman–Crippen LogP) is 8.59. The minimum absolute atomic E-state index is 0.325. The average Bonchev–Trinajstić information content (AvgIpc) is 3.03. The summed E-state index contributed by atoms with van der Waals surface area (Å²) in [6.45, 7) is 5.23. The Labute approximate surface area is 252 Å². The molecule has 0 fully saturated rings. The number of aryl methyl sites for hydroxylation is 1. The molecular formula is C36H46N2O4. The van der Waals surface area contributed by atoms with E-state index in [1.54, 1.807) is 0 Å². The number of benzene rings is 3. The summed E-state index contributed by atoms with van der Waals surface area (Å²) < 4.78 is 16.4. The Hall–Kier alpha value is -3.50. The van der Waals surface area contributed by atoms with Crippen molar-refractivity contribution >= 4 is 11.4 Å². The first-order valence-electron chi connectivity index (χ1n) is 15.4. The van der Waals surface area contributed by atoms with Crippen LogP contribution in [0.5, 0.6) is 5.75 Å². The van der Waals surface area contributed by atoms with Gasteiger partial charge >= 0.3 is 0 Å². The summed E-state index contributed by atoms with van der Waals surface area (Å²) in [6, 6.07) is 23.9. The van der Waals surface area contributed by atoms with Gasteiger partial charge in [-0.15, -0.1) is 0 Å². The quantitative estimate of drug-likeness (QED) is 0.0839. The second-order valence-corrected chi connectivity index (χ2v) is 10.1. The van der Waals surface area contributed by atoms with Crippen molar-refractivity contribution in [1.29, 1.82) is 0 Å². The van der Waals surface area contributed by atoms with Gasteiger partial charge in [0.2, 0.25) is 0 Å². The van der Waals surface area contributed by atoms with E-state index in [0.29, 0.717) is 39.6 Å². The zero-order valence-electron chi connectivity index (χ0n) is 25.1. The molecule has 42 heavy (non-hydrogen) atoms. The van der Waals surface area contributed by atoms with E-state index < -0.39 is 0 Å². The van der Waals surface area contributed by atoms with Gasteiger partial charge in [0.25, 0.3) is 0 Å². The maximum atomic E-state index is 8.82.